The predicted octanol–water partition coefficient (Wildman–Crippen LogP) is 4.06. The van der Waals surface area contributed by atoms with E-state index in [0.29, 0.717) is 15.6 Å². The van der Waals surface area contributed by atoms with Crippen molar-refractivity contribution in [2.75, 3.05) is 13.7 Å². The summed E-state index contributed by atoms with van der Waals surface area (Å²) < 4.78 is 11.1. The van der Waals surface area contributed by atoms with Crippen LogP contribution in [0.1, 0.15) is 21.0 Å². The first-order valence-corrected chi connectivity index (χ1v) is 8.12. The lowest BCUT2D eigenvalue weighted by atomic mass is 9.89. The molecule has 3 nitrogen and oxygen atoms in total. The van der Waals surface area contributed by atoms with Gasteiger partial charge < -0.3 is 14.6 Å². The molecule has 2 aromatic carbocycles. The number of hydrogen-bond donors (Lipinski definition) is 1. The van der Waals surface area contributed by atoms with Gasteiger partial charge in [-0.05, 0) is 35.4 Å². The Morgan fingerprint density at radius 1 is 1.10 bits per heavy atom. The SMILES string of the molecule is COc1ccc(C(I)C(c2ccc(O)cc2)C2CO2)cc1. The maximum atomic E-state index is 9.46. The minimum absolute atomic E-state index is 0.263. The third-order valence-electron chi connectivity index (χ3n) is 3.79. The van der Waals surface area contributed by atoms with Gasteiger partial charge in [0.15, 0.2) is 0 Å². The van der Waals surface area contributed by atoms with Crippen molar-refractivity contribution < 1.29 is 14.6 Å². The molecule has 3 atom stereocenters. The van der Waals surface area contributed by atoms with Crippen LogP contribution in [0.3, 0.4) is 0 Å². The molecule has 110 valence electrons. The van der Waals surface area contributed by atoms with E-state index in [1.54, 1.807) is 19.2 Å². The van der Waals surface area contributed by atoms with Crippen LogP contribution in [0.4, 0.5) is 0 Å². The van der Waals surface area contributed by atoms with Crippen molar-refractivity contribution in [2.45, 2.75) is 15.9 Å². The van der Waals surface area contributed by atoms with Crippen LogP contribution < -0.4 is 4.74 Å². The highest BCUT2D eigenvalue weighted by molar-refractivity contribution is 14.1. The molecule has 1 aliphatic heterocycles. The van der Waals surface area contributed by atoms with Crippen LogP contribution in [0.15, 0.2) is 48.5 Å². The van der Waals surface area contributed by atoms with Crippen LogP contribution in [-0.4, -0.2) is 24.9 Å². The lowest BCUT2D eigenvalue weighted by molar-refractivity contribution is 0.372. The fraction of sp³-hybridized carbons (Fsp3) is 0.294. The van der Waals surface area contributed by atoms with E-state index in [1.807, 2.05) is 24.3 Å². The Hall–Kier alpha value is -1.27. The predicted molar refractivity (Wildman–Crippen MR) is 90.3 cm³/mol. The number of phenols is 1. The highest BCUT2D eigenvalue weighted by Crippen LogP contribution is 2.45. The van der Waals surface area contributed by atoms with Crippen LogP contribution in [0.25, 0.3) is 0 Å². The van der Waals surface area contributed by atoms with E-state index < -0.39 is 0 Å². The molecular formula is C17H17IO3. The second kappa shape index (κ2) is 6.23. The molecule has 21 heavy (non-hydrogen) atoms. The van der Waals surface area contributed by atoms with E-state index >= 15 is 0 Å². The van der Waals surface area contributed by atoms with Crippen LogP contribution in [-0.2, 0) is 4.74 Å². The summed E-state index contributed by atoms with van der Waals surface area (Å²) in [6, 6.07) is 15.6. The van der Waals surface area contributed by atoms with Gasteiger partial charge in [0.1, 0.15) is 11.5 Å². The van der Waals surface area contributed by atoms with E-state index in [9.17, 15) is 5.11 Å². The summed E-state index contributed by atoms with van der Waals surface area (Å²) >= 11 is 2.48. The normalized spacial score (nSPS) is 19.8. The number of ether oxygens (including phenoxy) is 2. The highest BCUT2D eigenvalue weighted by atomic mass is 127. The minimum atomic E-state index is 0.263. The van der Waals surface area contributed by atoms with E-state index in [1.165, 1.54) is 11.1 Å². The number of epoxide rings is 1. The van der Waals surface area contributed by atoms with Crippen LogP contribution >= 0.6 is 22.6 Å². The fourth-order valence-electron chi connectivity index (χ4n) is 2.53. The highest BCUT2D eigenvalue weighted by Gasteiger charge is 2.38. The molecule has 0 bridgehead atoms. The molecule has 2 aromatic rings. The van der Waals surface area contributed by atoms with Gasteiger partial charge in [-0.3, -0.25) is 0 Å². The Morgan fingerprint density at radius 3 is 2.19 bits per heavy atom. The first kappa shape index (κ1) is 14.7. The van der Waals surface area contributed by atoms with Crippen LogP contribution in [0.5, 0.6) is 11.5 Å². The minimum Gasteiger partial charge on any atom is -0.508 e. The van der Waals surface area contributed by atoms with Crippen molar-refractivity contribution in [1.82, 2.24) is 0 Å². The summed E-state index contributed by atoms with van der Waals surface area (Å²) in [5, 5.41) is 9.46. The fourth-order valence-corrected chi connectivity index (χ4v) is 3.82. The maximum absolute atomic E-state index is 9.46. The molecule has 3 rings (SSSR count). The maximum Gasteiger partial charge on any atom is 0.118 e. The number of alkyl halides is 1. The summed E-state index contributed by atoms with van der Waals surface area (Å²) in [7, 11) is 1.67. The Morgan fingerprint density at radius 2 is 1.67 bits per heavy atom. The Balaban J connectivity index is 1.87. The lowest BCUT2D eigenvalue weighted by Crippen LogP contribution is -2.12. The van der Waals surface area contributed by atoms with Gasteiger partial charge in [-0.25, -0.2) is 0 Å². The molecule has 4 heteroatoms. The zero-order valence-corrected chi connectivity index (χ0v) is 13.9. The monoisotopic (exact) mass is 396 g/mol. The van der Waals surface area contributed by atoms with Crippen molar-refractivity contribution in [2.24, 2.45) is 0 Å². The summed E-state index contributed by atoms with van der Waals surface area (Å²) in [4.78, 5) is 0. The van der Waals surface area contributed by atoms with E-state index in [0.717, 1.165) is 12.4 Å². The van der Waals surface area contributed by atoms with E-state index in [2.05, 4.69) is 34.7 Å². The molecule has 1 heterocycles. The first-order valence-electron chi connectivity index (χ1n) is 6.87. The quantitative estimate of drug-likeness (QED) is 0.471. The van der Waals surface area contributed by atoms with Gasteiger partial charge in [0.2, 0.25) is 0 Å². The van der Waals surface area contributed by atoms with Crippen molar-refractivity contribution in [3.8, 4) is 11.5 Å². The standard InChI is InChI=1S/C17H17IO3/c1-20-14-8-4-12(5-9-14)17(18)16(15-10-21-15)11-2-6-13(19)7-3-11/h2-9,15-17,19H,10H2,1H3. The molecule has 1 N–H and O–H groups in total. The third-order valence-corrected chi connectivity index (χ3v) is 5.28. The van der Waals surface area contributed by atoms with E-state index in [-0.39, 0.29) is 6.10 Å². The van der Waals surface area contributed by atoms with Crippen molar-refractivity contribution >= 4 is 22.6 Å². The average Bonchev–Trinajstić information content (AvgIpc) is 3.34. The van der Waals surface area contributed by atoms with Gasteiger partial charge in [0, 0.05) is 9.84 Å². The van der Waals surface area contributed by atoms with Gasteiger partial charge in [-0.1, -0.05) is 46.9 Å². The Bertz CT molecular complexity index is 590. The number of methoxy groups -OCH3 is 1. The van der Waals surface area contributed by atoms with Gasteiger partial charge in [-0.2, -0.15) is 0 Å². The molecule has 0 saturated carbocycles. The largest absolute Gasteiger partial charge is 0.508 e. The van der Waals surface area contributed by atoms with Crippen LogP contribution in [0.2, 0.25) is 0 Å². The lowest BCUT2D eigenvalue weighted by Gasteiger charge is -2.22. The molecule has 0 spiro atoms. The molecule has 1 saturated heterocycles. The number of rotatable bonds is 5. The first-order chi connectivity index (χ1) is 10.2. The average molecular weight is 396 g/mol. The second-order valence-electron chi connectivity index (χ2n) is 5.16. The molecule has 3 unspecified atom stereocenters. The third kappa shape index (κ3) is 3.32. The summed E-state index contributed by atoms with van der Waals surface area (Å²) in [5.41, 5.74) is 2.45. The smallest absolute Gasteiger partial charge is 0.118 e. The number of halogens is 1. The number of aromatic hydroxyl groups is 1. The molecule has 0 aromatic heterocycles. The van der Waals surface area contributed by atoms with Crippen LogP contribution in [0, 0.1) is 0 Å². The molecule has 0 aliphatic carbocycles. The van der Waals surface area contributed by atoms with Crippen molar-refractivity contribution in [3.05, 3.63) is 59.7 Å². The topological polar surface area (TPSA) is 42.0 Å². The molecule has 0 radical (unpaired) electrons. The summed E-state index contributed by atoms with van der Waals surface area (Å²) in [5.74, 6) is 1.45. The zero-order valence-electron chi connectivity index (χ0n) is 11.7. The van der Waals surface area contributed by atoms with Crippen molar-refractivity contribution in [1.29, 1.82) is 0 Å². The molecule has 1 fully saturated rings. The van der Waals surface area contributed by atoms with Gasteiger partial charge in [0.05, 0.1) is 19.8 Å². The number of hydrogen-bond acceptors (Lipinski definition) is 3. The number of benzene rings is 2. The summed E-state index contributed by atoms with van der Waals surface area (Å²) in [6.45, 7) is 0.807. The number of phenolic OH excluding ortho intramolecular Hbond substituents is 1. The second-order valence-corrected chi connectivity index (χ2v) is 6.51. The van der Waals surface area contributed by atoms with Gasteiger partial charge in [0.25, 0.3) is 0 Å². The van der Waals surface area contributed by atoms with Gasteiger partial charge in [-0.15, -0.1) is 0 Å². The summed E-state index contributed by atoms with van der Waals surface area (Å²) in [6.07, 6.45) is 0.263. The molecule has 1 aliphatic rings. The van der Waals surface area contributed by atoms with Crippen molar-refractivity contribution in [3.63, 3.8) is 0 Å². The Kier molecular flexibility index (Phi) is 4.35. The zero-order chi connectivity index (χ0) is 14.8. The Labute approximate surface area is 138 Å². The molecule has 0 amide bonds. The van der Waals surface area contributed by atoms with Gasteiger partial charge >= 0.3 is 0 Å². The molecular weight excluding hydrogens is 379 g/mol. The van der Waals surface area contributed by atoms with E-state index in [4.69, 9.17) is 9.47 Å².